The average molecular weight is 236 g/mol. The van der Waals surface area contributed by atoms with Gasteiger partial charge in [0.15, 0.2) is 5.78 Å². The summed E-state index contributed by atoms with van der Waals surface area (Å²) < 4.78 is 0. The van der Waals surface area contributed by atoms with Crippen LogP contribution in [0.25, 0.3) is 0 Å². The lowest BCUT2D eigenvalue weighted by Gasteiger charge is -2.40. The van der Waals surface area contributed by atoms with Crippen molar-refractivity contribution in [2.75, 3.05) is 0 Å². The number of carboxylic acids is 1. The highest BCUT2D eigenvalue weighted by Crippen LogP contribution is 2.45. The Balaban J connectivity index is 2.28. The first-order chi connectivity index (χ1) is 8.00. The average Bonchev–Trinajstić information content (AvgIpc) is 2.28. The van der Waals surface area contributed by atoms with Crippen molar-refractivity contribution in [2.45, 2.75) is 39.5 Å². The van der Waals surface area contributed by atoms with Crippen molar-refractivity contribution in [3.8, 4) is 0 Å². The van der Waals surface area contributed by atoms with Crippen LogP contribution in [0.3, 0.4) is 0 Å². The maximum Gasteiger partial charge on any atom is 0.306 e. The predicted octanol–water partition coefficient (Wildman–Crippen LogP) is 2.66. The molecule has 0 unspecified atom stereocenters. The minimum absolute atomic E-state index is 0.0675. The van der Waals surface area contributed by atoms with Crippen LogP contribution in [0.15, 0.2) is 11.6 Å². The number of carbonyl (C=O) groups is 2. The van der Waals surface area contributed by atoms with Crippen LogP contribution in [0.2, 0.25) is 0 Å². The highest BCUT2D eigenvalue weighted by Gasteiger charge is 2.39. The molecule has 1 N–H and O–H groups in total. The Hall–Kier alpha value is -1.12. The van der Waals surface area contributed by atoms with E-state index in [0.717, 1.165) is 24.8 Å². The number of hydrogen-bond acceptors (Lipinski definition) is 2. The molecule has 0 aromatic rings. The Kier molecular flexibility index (Phi) is 3.36. The third kappa shape index (κ3) is 2.28. The topological polar surface area (TPSA) is 54.4 Å². The van der Waals surface area contributed by atoms with Crippen LogP contribution in [0, 0.1) is 23.7 Å². The van der Waals surface area contributed by atoms with Crippen molar-refractivity contribution in [2.24, 2.45) is 23.7 Å². The van der Waals surface area contributed by atoms with Crippen molar-refractivity contribution < 1.29 is 14.7 Å². The van der Waals surface area contributed by atoms with Gasteiger partial charge in [0.25, 0.3) is 0 Å². The number of carbonyl (C=O) groups excluding carboxylic acids is 1. The summed E-state index contributed by atoms with van der Waals surface area (Å²) in [6, 6.07) is 0. The molecular formula is C14H20O3. The van der Waals surface area contributed by atoms with Gasteiger partial charge in [0.2, 0.25) is 0 Å². The summed E-state index contributed by atoms with van der Waals surface area (Å²) in [5.41, 5.74) is 1.12. The highest BCUT2D eigenvalue weighted by atomic mass is 16.4. The van der Waals surface area contributed by atoms with Crippen molar-refractivity contribution in [1.82, 2.24) is 0 Å². The fourth-order valence-corrected chi connectivity index (χ4v) is 3.35. The van der Waals surface area contributed by atoms with E-state index in [0.29, 0.717) is 18.3 Å². The molecule has 3 heteroatoms. The van der Waals surface area contributed by atoms with Gasteiger partial charge in [-0.25, -0.2) is 0 Å². The quantitative estimate of drug-likeness (QED) is 0.802. The normalized spacial score (nSPS) is 34.8. The van der Waals surface area contributed by atoms with Crippen molar-refractivity contribution in [1.29, 1.82) is 0 Å². The summed E-state index contributed by atoms with van der Waals surface area (Å²) in [5.74, 6) is 0.148. The van der Waals surface area contributed by atoms with Gasteiger partial charge in [-0.1, -0.05) is 19.4 Å². The zero-order valence-corrected chi connectivity index (χ0v) is 10.5. The van der Waals surface area contributed by atoms with Crippen LogP contribution in [0.5, 0.6) is 0 Å². The van der Waals surface area contributed by atoms with E-state index in [1.165, 1.54) is 0 Å². The molecule has 2 rings (SSSR count). The van der Waals surface area contributed by atoms with E-state index in [1.807, 2.05) is 0 Å². The van der Waals surface area contributed by atoms with Gasteiger partial charge in [0, 0.05) is 6.42 Å². The van der Waals surface area contributed by atoms with Gasteiger partial charge in [0.05, 0.1) is 5.92 Å². The summed E-state index contributed by atoms with van der Waals surface area (Å²) in [7, 11) is 0. The Morgan fingerprint density at radius 1 is 1.41 bits per heavy atom. The van der Waals surface area contributed by atoms with Gasteiger partial charge in [-0.2, -0.15) is 0 Å². The number of aliphatic carboxylic acids is 1. The first kappa shape index (κ1) is 12.3. The van der Waals surface area contributed by atoms with E-state index < -0.39 is 5.97 Å². The number of hydrogen-bond donors (Lipinski definition) is 1. The van der Waals surface area contributed by atoms with Crippen LogP contribution in [0.4, 0.5) is 0 Å². The number of fused-ring (bicyclic) bond motifs is 1. The van der Waals surface area contributed by atoms with Crippen molar-refractivity contribution in [3.05, 3.63) is 11.6 Å². The molecule has 0 heterocycles. The lowest BCUT2D eigenvalue weighted by atomic mass is 9.64. The number of rotatable bonds is 2. The molecule has 0 bridgehead atoms. The monoisotopic (exact) mass is 236 g/mol. The van der Waals surface area contributed by atoms with Gasteiger partial charge in [-0.15, -0.1) is 0 Å². The molecule has 0 saturated heterocycles. The third-order valence-electron chi connectivity index (χ3n) is 4.50. The van der Waals surface area contributed by atoms with Crippen LogP contribution in [0.1, 0.15) is 39.5 Å². The largest absolute Gasteiger partial charge is 0.481 e. The van der Waals surface area contributed by atoms with Crippen molar-refractivity contribution >= 4 is 11.8 Å². The second kappa shape index (κ2) is 4.63. The van der Waals surface area contributed by atoms with Crippen LogP contribution >= 0.6 is 0 Å². The summed E-state index contributed by atoms with van der Waals surface area (Å²) in [6.07, 6.45) is 5.28. The van der Waals surface area contributed by atoms with Gasteiger partial charge in [-0.3, -0.25) is 9.59 Å². The highest BCUT2D eigenvalue weighted by molar-refractivity contribution is 5.91. The second-order valence-electron chi connectivity index (χ2n) is 5.54. The molecule has 3 nitrogen and oxygen atoms in total. The van der Waals surface area contributed by atoms with Gasteiger partial charge < -0.3 is 5.11 Å². The minimum atomic E-state index is -0.748. The zero-order valence-electron chi connectivity index (χ0n) is 10.5. The Bertz CT molecular complexity index is 370. The standard InChI is InChI=1S/C14H20O3/c1-8-3-5-12(9(2)14(16)17)13-7-10(15)4-6-11(8)13/h7-9,11-12H,3-6H2,1-2H3,(H,16,17)/t8-,9-,11+,12+/m1/s1. The molecule has 0 amide bonds. The molecule has 0 radical (unpaired) electrons. The number of ketones is 1. The van der Waals surface area contributed by atoms with Crippen molar-refractivity contribution in [3.63, 3.8) is 0 Å². The summed E-state index contributed by atoms with van der Waals surface area (Å²) >= 11 is 0. The fraction of sp³-hybridized carbons (Fsp3) is 0.714. The Labute approximate surface area is 102 Å². The molecule has 4 atom stereocenters. The lowest BCUT2D eigenvalue weighted by molar-refractivity contribution is -0.143. The summed E-state index contributed by atoms with van der Waals surface area (Å²) in [4.78, 5) is 22.7. The lowest BCUT2D eigenvalue weighted by Crippen LogP contribution is -2.35. The maximum atomic E-state index is 11.5. The third-order valence-corrected chi connectivity index (χ3v) is 4.50. The fourth-order valence-electron chi connectivity index (χ4n) is 3.35. The molecule has 0 aromatic carbocycles. The van der Waals surface area contributed by atoms with Gasteiger partial charge in [0.1, 0.15) is 0 Å². The van der Waals surface area contributed by atoms with E-state index in [2.05, 4.69) is 6.92 Å². The molecule has 0 aliphatic heterocycles. The number of allylic oxidation sites excluding steroid dienone is 2. The smallest absolute Gasteiger partial charge is 0.306 e. The van der Waals surface area contributed by atoms with Crippen LogP contribution < -0.4 is 0 Å². The van der Waals surface area contributed by atoms with E-state index in [9.17, 15) is 9.59 Å². The van der Waals surface area contributed by atoms with Crippen LogP contribution in [-0.2, 0) is 9.59 Å². The molecule has 2 aliphatic carbocycles. The maximum absolute atomic E-state index is 11.5. The minimum Gasteiger partial charge on any atom is -0.481 e. The molecule has 0 aromatic heterocycles. The zero-order chi connectivity index (χ0) is 12.6. The molecule has 94 valence electrons. The molecule has 1 saturated carbocycles. The van der Waals surface area contributed by atoms with Gasteiger partial charge >= 0.3 is 5.97 Å². The molecule has 2 aliphatic rings. The SMILES string of the molecule is C[C@@H]1CC[C@@H]([C@@H](C)C(=O)O)C2=CC(=O)CC[C@H]21. The Morgan fingerprint density at radius 3 is 2.76 bits per heavy atom. The molecule has 1 fully saturated rings. The van der Waals surface area contributed by atoms with Crippen LogP contribution in [-0.4, -0.2) is 16.9 Å². The molecular weight excluding hydrogens is 216 g/mol. The first-order valence-corrected chi connectivity index (χ1v) is 6.47. The van der Waals surface area contributed by atoms with E-state index in [4.69, 9.17) is 5.11 Å². The first-order valence-electron chi connectivity index (χ1n) is 6.47. The van der Waals surface area contributed by atoms with Gasteiger partial charge in [-0.05, 0) is 43.1 Å². The van der Waals surface area contributed by atoms with E-state index in [-0.39, 0.29) is 17.6 Å². The summed E-state index contributed by atoms with van der Waals surface area (Å²) in [6.45, 7) is 3.98. The predicted molar refractivity (Wildman–Crippen MR) is 64.5 cm³/mol. The molecule has 17 heavy (non-hydrogen) atoms. The molecule has 0 spiro atoms. The van der Waals surface area contributed by atoms with E-state index >= 15 is 0 Å². The van der Waals surface area contributed by atoms with E-state index in [1.54, 1.807) is 13.0 Å². The summed E-state index contributed by atoms with van der Waals surface area (Å²) in [5, 5.41) is 9.14. The Morgan fingerprint density at radius 2 is 2.12 bits per heavy atom. The number of carboxylic acid groups (broad SMARTS) is 1. The second-order valence-corrected chi connectivity index (χ2v) is 5.54.